The summed E-state index contributed by atoms with van der Waals surface area (Å²) in [4.78, 5) is 15.0. The number of nitrogens with zero attached hydrogens (tertiary/aromatic N) is 1. The van der Waals surface area contributed by atoms with Crippen molar-refractivity contribution in [1.82, 2.24) is 4.90 Å². The average Bonchev–Trinajstić information content (AvgIpc) is 3.28. The van der Waals surface area contributed by atoms with E-state index in [0.29, 0.717) is 12.1 Å². The molecule has 0 spiro atoms. The highest BCUT2D eigenvalue weighted by Crippen LogP contribution is 2.35. The Morgan fingerprint density at radius 3 is 2.37 bits per heavy atom. The van der Waals surface area contributed by atoms with Crippen molar-refractivity contribution in [3.05, 3.63) is 58.8 Å². The largest absolute Gasteiger partial charge is 0.395 e. The Morgan fingerprint density at radius 2 is 1.89 bits per heavy atom. The minimum atomic E-state index is -4.19. The zero-order chi connectivity index (χ0) is 26.9. The van der Waals surface area contributed by atoms with Gasteiger partial charge in [-0.1, -0.05) is 71.1 Å². The SMILES string of the molecule is C=C/C=C(\C=C/CC)C(C)C(F)(F)F.CC.CCC(C)N(C=O)C1CCCC(c2cccs2)CC1. The minimum Gasteiger partial charge on any atom is -0.340 e. The summed E-state index contributed by atoms with van der Waals surface area (Å²) in [5.41, 5.74) is 0.245. The van der Waals surface area contributed by atoms with Gasteiger partial charge in [0.25, 0.3) is 0 Å². The van der Waals surface area contributed by atoms with Gasteiger partial charge in [-0.05, 0) is 75.3 Å². The summed E-state index contributed by atoms with van der Waals surface area (Å²) < 4.78 is 37.0. The maximum atomic E-state index is 12.3. The number of carbonyl (C=O) groups excluding carboxylic acids is 1. The molecule has 0 aliphatic heterocycles. The second-order valence-corrected chi connectivity index (χ2v) is 9.64. The molecule has 6 heteroatoms. The predicted molar refractivity (Wildman–Crippen MR) is 146 cm³/mol. The van der Waals surface area contributed by atoms with Gasteiger partial charge in [-0.3, -0.25) is 4.79 Å². The third kappa shape index (κ3) is 12.1. The van der Waals surface area contributed by atoms with Crippen LogP contribution in [0, 0.1) is 5.92 Å². The van der Waals surface area contributed by atoms with E-state index >= 15 is 0 Å². The Kier molecular flexibility index (Phi) is 17.5. The van der Waals surface area contributed by atoms with Gasteiger partial charge in [0.05, 0.1) is 5.92 Å². The highest BCUT2D eigenvalue weighted by atomic mass is 32.1. The Balaban J connectivity index is 0.000000646. The van der Waals surface area contributed by atoms with E-state index in [4.69, 9.17) is 0 Å². The number of alkyl halides is 3. The van der Waals surface area contributed by atoms with Gasteiger partial charge in [0, 0.05) is 17.0 Å². The van der Waals surface area contributed by atoms with Crippen molar-refractivity contribution in [2.24, 2.45) is 5.92 Å². The Hall–Kier alpha value is -1.82. The van der Waals surface area contributed by atoms with Crippen molar-refractivity contribution in [2.75, 3.05) is 0 Å². The molecule has 0 bridgehead atoms. The van der Waals surface area contributed by atoms with Crippen LogP contribution < -0.4 is 0 Å². The molecule has 1 aromatic rings. The number of allylic oxidation sites excluding steroid dienone is 5. The number of hydrogen-bond donors (Lipinski definition) is 0. The predicted octanol–water partition coefficient (Wildman–Crippen LogP) is 9.71. The molecule has 1 aliphatic carbocycles. The number of rotatable bonds is 9. The fourth-order valence-electron chi connectivity index (χ4n) is 4.07. The van der Waals surface area contributed by atoms with E-state index in [1.54, 1.807) is 6.08 Å². The third-order valence-corrected chi connectivity index (χ3v) is 7.41. The monoisotopic (exact) mass is 513 g/mol. The van der Waals surface area contributed by atoms with E-state index in [1.807, 2.05) is 32.1 Å². The van der Waals surface area contributed by atoms with Crippen LogP contribution in [-0.4, -0.2) is 29.6 Å². The topological polar surface area (TPSA) is 20.3 Å². The van der Waals surface area contributed by atoms with Crippen LogP contribution in [-0.2, 0) is 4.79 Å². The zero-order valence-corrected chi connectivity index (χ0v) is 23.3. The molecule has 1 heterocycles. The van der Waals surface area contributed by atoms with E-state index in [0.717, 1.165) is 38.5 Å². The summed E-state index contributed by atoms with van der Waals surface area (Å²) in [6.07, 6.45) is 10.7. The first-order chi connectivity index (χ1) is 16.7. The standard InChI is InChI=1S/C16H25NOS.C11H15F3.C2H6/c1-3-13(2)17(12-18)15-7-4-6-14(9-10-15)16-8-5-11-19-16;1-4-6-8-10(7-5-2)9(3)11(12,13)14;1-2/h5,8,11-15H,3-4,6-7,9-10H2,1-2H3;5-9H,2,4H2,1,3H3;1-2H3/b;8-6-,10-7+;. The van der Waals surface area contributed by atoms with Crippen LogP contribution >= 0.6 is 11.3 Å². The highest BCUT2D eigenvalue weighted by molar-refractivity contribution is 7.10. The van der Waals surface area contributed by atoms with Gasteiger partial charge >= 0.3 is 6.18 Å². The van der Waals surface area contributed by atoms with Crippen molar-refractivity contribution in [2.45, 2.75) is 111 Å². The van der Waals surface area contributed by atoms with Gasteiger partial charge in [-0.25, -0.2) is 0 Å². The number of hydrogen-bond acceptors (Lipinski definition) is 2. The summed E-state index contributed by atoms with van der Waals surface area (Å²) in [5.74, 6) is -0.723. The maximum absolute atomic E-state index is 12.3. The lowest BCUT2D eigenvalue weighted by Crippen LogP contribution is -2.40. The highest BCUT2D eigenvalue weighted by Gasteiger charge is 2.37. The van der Waals surface area contributed by atoms with Crippen LogP contribution in [0.5, 0.6) is 0 Å². The average molecular weight is 514 g/mol. The minimum absolute atomic E-state index is 0.245. The zero-order valence-electron chi connectivity index (χ0n) is 22.5. The quantitative estimate of drug-likeness (QED) is 0.183. The van der Waals surface area contributed by atoms with Crippen LogP contribution in [0.4, 0.5) is 13.2 Å². The van der Waals surface area contributed by atoms with Gasteiger partial charge in [-0.15, -0.1) is 11.3 Å². The molecule has 200 valence electrons. The smallest absolute Gasteiger partial charge is 0.340 e. The fourth-order valence-corrected chi connectivity index (χ4v) is 4.97. The molecule has 0 aromatic carbocycles. The first-order valence-corrected chi connectivity index (χ1v) is 13.9. The van der Waals surface area contributed by atoms with Crippen LogP contribution in [0.1, 0.15) is 97.3 Å². The number of halogens is 3. The Bertz CT molecular complexity index is 740. The molecular weight excluding hydrogens is 467 g/mol. The van der Waals surface area contributed by atoms with Gasteiger partial charge in [0.2, 0.25) is 6.41 Å². The molecule has 4 unspecified atom stereocenters. The number of carbonyl (C=O) groups is 1. The lowest BCUT2D eigenvalue weighted by molar-refractivity contribution is -0.158. The molecule has 2 rings (SSSR count). The van der Waals surface area contributed by atoms with Crippen molar-refractivity contribution in [1.29, 1.82) is 0 Å². The third-order valence-electron chi connectivity index (χ3n) is 6.37. The second kappa shape index (κ2) is 18.4. The second-order valence-electron chi connectivity index (χ2n) is 8.66. The molecule has 1 amide bonds. The normalized spacial score (nSPS) is 20.4. The summed E-state index contributed by atoms with van der Waals surface area (Å²) >= 11 is 1.88. The van der Waals surface area contributed by atoms with Crippen LogP contribution in [0.15, 0.2) is 54.0 Å². The first kappa shape index (κ1) is 33.2. The molecule has 4 atom stereocenters. The Labute approximate surface area is 216 Å². The number of amides is 1. The summed E-state index contributed by atoms with van der Waals surface area (Å²) in [5, 5.41) is 2.18. The van der Waals surface area contributed by atoms with Gasteiger partial charge in [0.15, 0.2) is 0 Å². The molecule has 1 aromatic heterocycles. The summed E-state index contributed by atoms with van der Waals surface area (Å²) in [7, 11) is 0. The van der Waals surface area contributed by atoms with Crippen LogP contribution in [0.25, 0.3) is 0 Å². The van der Waals surface area contributed by atoms with Crippen molar-refractivity contribution in [3.8, 4) is 0 Å². The van der Waals surface area contributed by atoms with Crippen LogP contribution in [0.2, 0.25) is 0 Å². The molecule has 0 saturated heterocycles. The molecule has 1 aliphatic rings. The molecule has 0 radical (unpaired) electrons. The van der Waals surface area contributed by atoms with Crippen molar-refractivity contribution < 1.29 is 18.0 Å². The molecule has 2 nitrogen and oxygen atoms in total. The Morgan fingerprint density at radius 1 is 1.20 bits per heavy atom. The van der Waals surface area contributed by atoms with E-state index in [9.17, 15) is 18.0 Å². The van der Waals surface area contributed by atoms with E-state index in [2.05, 4.69) is 42.8 Å². The van der Waals surface area contributed by atoms with Gasteiger partial charge in [-0.2, -0.15) is 13.2 Å². The lowest BCUT2D eigenvalue weighted by Gasteiger charge is -2.32. The molecule has 35 heavy (non-hydrogen) atoms. The fraction of sp³-hybridized carbons (Fsp3) is 0.621. The maximum Gasteiger partial charge on any atom is 0.395 e. The van der Waals surface area contributed by atoms with Crippen LogP contribution in [0.3, 0.4) is 0 Å². The summed E-state index contributed by atoms with van der Waals surface area (Å²) in [6, 6.07) is 5.25. The van der Waals surface area contributed by atoms with Crippen molar-refractivity contribution in [3.63, 3.8) is 0 Å². The lowest BCUT2D eigenvalue weighted by atomic mass is 9.98. The molecule has 1 saturated carbocycles. The van der Waals surface area contributed by atoms with E-state index in [1.165, 1.54) is 48.8 Å². The molecule has 0 N–H and O–H groups in total. The van der Waals surface area contributed by atoms with E-state index in [-0.39, 0.29) is 5.57 Å². The van der Waals surface area contributed by atoms with E-state index < -0.39 is 12.1 Å². The van der Waals surface area contributed by atoms with Crippen molar-refractivity contribution >= 4 is 17.7 Å². The first-order valence-electron chi connectivity index (χ1n) is 13.0. The molecular formula is C29H46F3NOS. The summed E-state index contributed by atoms with van der Waals surface area (Å²) in [6.45, 7) is 14.7. The van der Waals surface area contributed by atoms with Gasteiger partial charge < -0.3 is 4.90 Å². The number of thiophene rings is 1. The molecule has 1 fully saturated rings. The van der Waals surface area contributed by atoms with Gasteiger partial charge in [0.1, 0.15) is 0 Å².